The quantitative estimate of drug-likeness (QED) is 0.774. The number of hydrogen-bond donors (Lipinski definition) is 2. The van der Waals surface area contributed by atoms with E-state index in [4.69, 9.17) is 16.3 Å². The van der Waals surface area contributed by atoms with Crippen molar-refractivity contribution in [3.8, 4) is 5.75 Å². The first-order chi connectivity index (χ1) is 13.1. The van der Waals surface area contributed by atoms with Crippen LogP contribution in [-0.4, -0.2) is 17.9 Å². The number of nitrogens with one attached hydrogen (secondary N) is 2. The summed E-state index contributed by atoms with van der Waals surface area (Å²) in [5, 5.41) is 6.36. The predicted octanol–water partition coefficient (Wildman–Crippen LogP) is 4.38. The van der Waals surface area contributed by atoms with E-state index >= 15 is 0 Å². The average Bonchev–Trinajstić information content (AvgIpc) is 3.16. The average molecular weight is 383 g/mol. The molecule has 5 nitrogen and oxygen atoms in total. The Kier molecular flexibility index (Phi) is 4.86. The molecule has 0 saturated heterocycles. The normalized spacial score (nSPS) is 18.0. The SMILES string of the molecule is O=C1Nc2cc(C(=O)NC3CCCC3)ccc2O/C1=C\c1ccccc1Cl. The fourth-order valence-electron chi connectivity index (χ4n) is 3.37. The lowest BCUT2D eigenvalue weighted by molar-refractivity contribution is -0.115. The standard InChI is InChI=1S/C21H19ClN2O3/c22-16-8-4-1-5-13(16)12-19-21(26)24-17-11-14(9-10-18(17)27-19)20(25)23-15-6-2-3-7-15/h1,4-5,8-12,15H,2-3,6-7H2,(H,23,25)(H,24,26)/b19-12-. The van der Waals surface area contributed by atoms with Crippen molar-refractivity contribution in [2.45, 2.75) is 31.7 Å². The fourth-order valence-corrected chi connectivity index (χ4v) is 3.56. The predicted molar refractivity (Wildman–Crippen MR) is 105 cm³/mol. The Bertz CT molecular complexity index is 933. The molecule has 2 aliphatic rings. The molecule has 0 aromatic heterocycles. The van der Waals surface area contributed by atoms with Gasteiger partial charge < -0.3 is 15.4 Å². The van der Waals surface area contributed by atoms with E-state index in [9.17, 15) is 9.59 Å². The summed E-state index contributed by atoms with van der Waals surface area (Å²) < 4.78 is 5.73. The number of hydrogen-bond acceptors (Lipinski definition) is 3. The lowest BCUT2D eigenvalue weighted by atomic mass is 10.1. The molecule has 2 amide bonds. The first-order valence-corrected chi connectivity index (χ1v) is 9.38. The second-order valence-electron chi connectivity index (χ2n) is 6.75. The van der Waals surface area contributed by atoms with E-state index < -0.39 is 0 Å². The summed E-state index contributed by atoms with van der Waals surface area (Å²) in [7, 11) is 0. The van der Waals surface area contributed by atoms with Gasteiger partial charge in [0.25, 0.3) is 11.8 Å². The van der Waals surface area contributed by atoms with E-state index in [1.807, 2.05) is 12.1 Å². The second kappa shape index (κ2) is 7.45. The lowest BCUT2D eigenvalue weighted by Gasteiger charge is -2.21. The fraction of sp³-hybridized carbons (Fsp3) is 0.238. The molecule has 4 rings (SSSR count). The minimum Gasteiger partial charge on any atom is -0.449 e. The molecule has 1 fully saturated rings. The minimum atomic E-state index is -0.379. The van der Waals surface area contributed by atoms with Crippen molar-refractivity contribution in [2.24, 2.45) is 0 Å². The van der Waals surface area contributed by atoms with Crippen LogP contribution in [0.3, 0.4) is 0 Å². The number of ether oxygens (including phenoxy) is 1. The van der Waals surface area contributed by atoms with Crippen LogP contribution in [0.1, 0.15) is 41.6 Å². The summed E-state index contributed by atoms with van der Waals surface area (Å²) in [5.41, 5.74) is 1.68. The van der Waals surface area contributed by atoms with Gasteiger partial charge in [-0.25, -0.2) is 0 Å². The maximum absolute atomic E-state index is 12.4. The summed E-state index contributed by atoms with van der Waals surface area (Å²) in [4.78, 5) is 24.8. The molecular weight excluding hydrogens is 364 g/mol. The van der Waals surface area contributed by atoms with Crippen LogP contribution in [0.2, 0.25) is 5.02 Å². The zero-order valence-electron chi connectivity index (χ0n) is 14.6. The molecule has 1 heterocycles. The van der Waals surface area contributed by atoms with E-state index in [1.54, 1.807) is 36.4 Å². The van der Waals surface area contributed by atoms with Crippen molar-refractivity contribution < 1.29 is 14.3 Å². The number of halogens is 1. The summed E-state index contributed by atoms with van der Waals surface area (Å²) >= 11 is 6.14. The molecule has 0 spiro atoms. The molecule has 0 unspecified atom stereocenters. The van der Waals surface area contributed by atoms with E-state index in [1.165, 1.54) is 0 Å². The minimum absolute atomic E-state index is 0.128. The van der Waals surface area contributed by atoms with Crippen molar-refractivity contribution >= 4 is 35.2 Å². The third-order valence-electron chi connectivity index (χ3n) is 4.82. The summed E-state index contributed by atoms with van der Waals surface area (Å²) in [5.74, 6) is 0.135. The number of carbonyl (C=O) groups is 2. The first-order valence-electron chi connectivity index (χ1n) is 9.00. The van der Waals surface area contributed by atoms with Gasteiger partial charge in [-0.3, -0.25) is 9.59 Å². The third-order valence-corrected chi connectivity index (χ3v) is 5.16. The number of fused-ring (bicyclic) bond motifs is 1. The molecule has 2 N–H and O–H groups in total. The maximum atomic E-state index is 12.4. The molecule has 2 aromatic carbocycles. The van der Waals surface area contributed by atoms with Crippen molar-refractivity contribution in [1.29, 1.82) is 0 Å². The van der Waals surface area contributed by atoms with Gasteiger partial charge in [0.1, 0.15) is 0 Å². The van der Waals surface area contributed by atoms with Gasteiger partial charge in [-0.2, -0.15) is 0 Å². The number of anilines is 1. The molecule has 0 bridgehead atoms. The molecule has 138 valence electrons. The monoisotopic (exact) mass is 382 g/mol. The van der Waals surface area contributed by atoms with Gasteiger partial charge in [0.05, 0.1) is 5.69 Å². The van der Waals surface area contributed by atoms with Crippen LogP contribution in [0, 0.1) is 0 Å². The van der Waals surface area contributed by atoms with Crippen molar-refractivity contribution in [3.05, 3.63) is 64.4 Å². The first kappa shape index (κ1) is 17.6. The Morgan fingerprint density at radius 3 is 2.74 bits per heavy atom. The molecule has 0 atom stereocenters. The van der Waals surface area contributed by atoms with Crippen molar-refractivity contribution in [3.63, 3.8) is 0 Å². The zero-order chi connectivity index (χ0) is 18.8. The van der Waals surface area contributed by atoms with Crippen LogP contribution in [0.5, 0.6) is 5.75 Å². The van der Waals surface area contributed by atoms with Gasteiger partial charge in [-0.1, -0.05) is 42.6 Å². The molecule has 27 heavy (non-hydrogen) atoms. The van der Waals surface area contributed by atoms with Crippen LogP contribution in [-0.2, 0) is 4.79 Å². The molecular formula is C21H19ClN2O3. The van der Waals surface area contributed by atoms with Gasteiger partial charge in [0, 0.05) is 16.6 Å². The summed E-state index contributed by atoms with van der Waals surface area (Å²) in [6, 6.07) is 12.5. The second-order valence-corrected chi connectivity index (χ2v) is 7.16. The Hall–Kier alpha value is -2.79. The largest absolute Gasteiger partial charge is 0.449 e. The van der Waals surface area contributed by atoms with Crippen LogP contribution >= 0.6 is 11.6 Å². The molecule has 2 aromatic rings. The highest BCUT2D eigenvalue weighted by molar-refractivity contribution is 6.32. The number of carbonyl (C=O) groups excluding carboxylic acids is 2. The van der Waals surface area contributed by atoms with E-state index in [2.05, 4.69) is 10.6 Å². The zero-order valence-corrected chi connectivity index (χ0v) is 15.4. The van der Waals surface area contributed by atoms with Crippen LogP contribution in [0.4, 0.5) is 5.69 Å². The molecule has 1 aliphatic carbocycles. The highest BCUT2D eigenvalue weighted by atomic mass is 35.5. The number of benzene rings is 2. The van der Waals surface area contributed by atoms with Gasteiger partial charge in [0.15, 0.2) is 11.5 Å². The summed E-state index contributed by atoms with van der Waals surface area (Å²) in [6.45, 7) is 0. The summed E-state index contributed by atoms with van der Waals surface area (Å²) in [6.07, 6.45) is 5.94. The van der Waals surface area contributed by atoms with Gasteiger partial charge in [-0.15, -0.1) is 0 Å². The Balaban J connectivity index is 1.54. The lowest BCUT2D eigenvalue weighted by Crippen LogP contribution is -2.32. The highest BCUT2D eigenvalue weighted by Gasteiger charge is 2.24. The highest BCUT2D eigenvalue weighted by Crippen LogP contribution is 2.33. The van der Waals surface area contributed by atoms with Gasteiger partial charge in [-0.05, 0) is 48.7 Å². The number of amides is 2. The van der Waals surface area contributed by atoms with Crippen LogP contribution in [0.25, 0.3) is 6.08 Å². The van der Waals surface area contributed by atoms with Crippen molar-refractivity contribution in [2.75, 3.05) is 5.32 Å². The Morgan fingerprint density at radius 2 is 1.96 bits per heavy atom. The molecule has 1 saturated carbocycles. The topological polar surface area (TPSA) is 67.4 Å². The molecule has 6 heteroatoms. The van der Waals surface area contributed by atoms with Crippen LogP contribution < -0.4 is 15.4 Å². The van der Waals surface area contributed by atoms with E-state index in [0.717, 1.165) is 25.7 Å². The number of rotatable bonds is 3. The van der Waals surface area contributed by atoms with E-state index in [-0.39, 0.29) is 23.6 Å². The Labute approximate surface area is 162 Å². The molecule has 0 radical (unpaired) electrons. The molecule has 1 aliphatic heterocycles. The van der Waals surface area contributed by atoms with Crippen LogP contribution in [0.15, 0.2) is 48.2 Å². The van der Waals surface area contributed by atoms with E-state index in [0.29, 0.717) is 27.6 Å². The van der Waals surface area contributed by atoms with Crippen molar-refractivity contribution in [1.82, 2.24) is 5.32 Å². The third kappa shape index (κ3) is 3.83. The Morgan fingerprint density at radius 1 is 1.19 bits per heavy atom. The maximum Gasteiger partial charge on any atom is 0.291 e. The van der Waals surface area contributed by atoms with Gasteiger partial charge >= 0.3 is 0 Å². The van der Waals surface area contributed by atoms with Gasteiger partial charge in [0.2, 0.25) is 0 Å². The smallest absolute Gasteiger partial charge is 0.291 e.